The van der Waals surface area contributed by atoms with Crippen molar-refractivity contribution in [2.45, 2.75) is 42.8 Å². The van der Waals surface area contributed by atoms with E-state index in [4.69, 9.17) is 16.6 Å². The molecule has 1 aromatic heterocycles. The van der Waals surface area contributed by atoms with Crippen LogP contribution in [-0.2, 0) is 18.6 Å². The third kappa shape index (κ3) is 3.99. The Morgan fingerprint density at radius 3 is 2.62 bits per heavy atom. The zero-order valence-corrected chi connectivity index (χ0v) is 14.8. The Morgan fingerprint density at radius 2 is 1.81 bits per heavy atom. The van der Waals surface area contributed by atoms with E-state index in [1.54, 1.807) is 11.8 Å². The molecule has 1 aliphatic carbocycles. The van der Waals surface area contributed by atoms with E-state index in [2.05, 4.69) is 33.0 Å². The van der Waals surface area contributed by atoms with Crippen molar-refractivity contribution in [3.8, 4) is 0 Å². The van der Waals surface area contributed by atoms with E-state index in [0.29, 0.717) is 5.15 Å². The fourth-order valence-corrected chi connectivity index (χ4v) is 3.84. The number of aromatic nitrogens is 2. The molecule has 0 spiro atoms. The molecule has 0 N–H and O–H groups in total. The predicted octanol–water partition coefficient (Wildman–Crippen LogP) is 5.45. The Balaban J connectivity index is 1.75. The molecule has 0 radical (unpaired) electrons. The third-order valence-electron chi connectivity index (χ3n) is 3.61. The SMILES string of the molecule is Clc1nc(CSc2ccc(Br)cc2)nc2c1CCCCC2. The molecule has 2 aromatic rings. The van der Waals surface area contributed by atoms with Crippen LogP contribution in [0.4, 0.5) is 0 Å². The molecule has 0 fully saturated rings. The van der Waals surface area contributed by atoms with Gasteiger partial charge < -0.3 is 0 Å². The topological polar surface area (TPSA) is 25.8 Å². The second-order valence-electron chi connectivity index (χ2n) is 5.16. The van der Waals surface area contributed by atoms with Crippen LogP contribution in [0.3, 0.4) is 0 Å². The summed E-state index contributed by atoms with van der Waals surface area (Å²) < 4.78 is 1.09. The van der Waals surface area contributed by atoms with Gasteiger partial charge in [0.15, 0.2) is 0 Å². The van der Waals surface area contributed by atoms with Gasteiger partial charge in [-0.1, -0.05) is 34.0 Å². The van der Waals surface area contributed by atoms with Crippen molar-refractivity contribution in [1.82, 2.24) is 9.97 Å². The first-order chi connectivity index (χ1) is 10.2. The summed E-state index contributed by atoms with van der Waals surface area (Å²) in [5.74, 6) is 1.60. The molecule has 3 rings (SSSR count). The Morgan fingerprint density at radius 1 is 1.05 bits per heavy atom. The Labute approximate surface area is 142 Å². The van der Waals surface area contributed by atoms with E-state index in [0.717, 1.165) is 28.9 Å². The molecule has 1 aromatic carbocycles. The number of rotatable bonds is 3. The van der Waals surface area contributed by atoms with Gasteiger partial charge in [0.1, 0.15) is 11.0 Å². The molecule has 0 atom stereocenters. The second kappa shape index (κ2) is 7.12. The van der Waals surface area contributed by atoms with Crippen LogP contribution in [0, 0.1) is 0 Å². The van der Waals surface area contributed by atoms with Gasteiger partial charge in [0.05, 0.1) is 5.75 Å². The van der Waals surface area contributed by atoms with Gasteiger partial charge in [-0.15, -0.1) is 11.8 Å². The third-order valence-corrected chi connectivity index (χ3v) is 5.46. The van der Waals surface area contributed by atoms with Gasteiger partial charge in [-0.25, -0.2) is 9.97 Å². The van der Waals surface area contributed by atoms with Gasteiger partial charge in [-0.3, -0.25) is 0 Å². The summed E-state index contributed by atoms with van der Waals surface area (Å²) in [6.45, 7) is 0. The van der Waals surface area contributed by atoms with Crippen molar-refractivity contribution in [3.63, 3.8) is 0 Å². The number of benzene rings is 1. The van der Waals surface area contributed by atoms with Crippen LogP contribution in [0.5, 0.6) is 0 Å². The highest BCUT2D eigenvalue weighted by molar-refractivity contribution is 9.10. The van der Waals surface area contributed by atoms with Gasteiger partial charge in [-0.05, 0) is 49.9 Å². The van der Waals surface area contributed by atoms with Gasteiger partial charge in [0.25, 0.3) is 0 Å². The van der Waals surface area contributed by atoms with Crippen LogP contribution in [0.25, 0.3) is 0 Å². The standard InChI is InChI=1S/C16H16BrClN2S/c17-11-6-8-12(9-7-11)21-10-15-19-14-5-3-1-2-4-13(14)16(18)20-15/h6-9H,1-5,10H2. The predicted molar refractivity (Wildman–Crippen MR) is 92.0 cm³/mol. The Hall–Kier alpha value is -0.580. The first-order valence-corrected chi connectivity index (χ1v) is 9.30. The summed E-state index contributed by atoms with van der Waals surface area (Å²) in [5.41, 5.74) is 2.34. The largest absolute Gasteiger partial charge is 0.237 e. The monoisotopic (exact) mass is 382 g/mol. The Bertz CT molecular complexity index is 631. The van der Waals surface area contributed by atoms with Crippen LogP contribution in [0.1, 0.15) is 36.3 Å². The zero-order chi connectivity index (χ0) is 14.7. The van der Waals surface area contributed by atoms with E-state index in [-0.39, 0.29) is 0 Å². The summed E-state index contributed by atoms with van der Waals surface area (Å²) in [6, 6.07) is 8.29. The maximum absolute atomic E-state index is 6.36. The number of thioether (sulfide) groups is 1. The molecular formula is C16H16BrClN2S. The van der Waals surface area contributed by atoms with Crippen molar-refractivity contribution in [3.05, 3.63) is 51.0 Å². The summed E-state index contributed by atoms with van der Waals surface area (Å²) >= 11 is 11.5. The number of halogens is 2. The van der Waals surface area contributed by atoms with E-state index < -0.39 is 0 Å². The first-order valence-electron chi connectivity index (χ1n) is 7.15. The normalized spacial score (nSPS) is 14.6. The lowest BCUT2D eigenvalue weighted by Gasteiger charge is -2.09. The van der Waals surface area contributed by atoms with Crippen LogP contribution < -0.4 is 0 Å². The molecule has 0 amide bonds. The fourth-order valence-electron chi connectivity index (χ4n) is 2.52. The Kier molecular flexibility index (Phi) is 5.19. The van der Waals surface area contributed by atoms with Crippen LogP contribution in [0.15, 0.2) is 33.6 Å². The molecule has 1 aliphatic rings. The van der Waals surface area contributed by atoms with Gasteiger partial charge in [0.2, 0.25) is 0 Å². The average molecular weight is 384 g/mol. The molecule has 0 saturated carbocycles. The number of fused-ring (bicyclic) bond motifs is 1. The smallest absolute Gasteiger partial charge is 0.140 e. The lowest BCUT2D eigenvalue weighted by atomic mass is 10.1. The van der Waals surface area contributed by atoms with Crippen LogP contribution in [-0.4, -0.2) is 9.97 Å². The van der Waals surface area contributed by atoms with E-state index in [9.17, 15) is 0 Å². The second-order valence-corrected chi connectivity index (χ2v) is 7.48. The van der Waals surface area contributed by atoms with Crippen LogP contribution in [0.2, 0.25) is 5.15 Å². The molecule has 1 heterocycles. The summed E-state index contributed by atoms with van der Waals surface area (Å²) in [6.07, 6.45) is 5.72. The minimum absolute atomic E-state index is 0.660. The van der Waals surface area contributed by atoms with Crippen molar-refractivity contribution in [2.75, 3.05) is 0 Å². The zero-order valence-electron chi connectivity index (χ0n) is 11.6. The molecule has 5 heteroatoms. The lowest BCUT2D eigenvalue weighted by Crippen LogP contribution is -2.04. The van der Waals surface area contributed by atoms with E-state index >= 15 is 0 Å². The highest BCUT2D eigenvalue weighted by Crippen LogP contribution is 2.27. The quantitative estimate of drug-likeness (QED) is 0.400. The number of hydrogen-bond acceptors (Lipinski definition) is 3. The van der Waals surface area contributed by atoms with E-state index in [1.165, 1.54) is 35.4 Å². The van der Waals surface area contributed by atoms with Crippen LogP contribution >= 0.6 is 39.3 Å². The number of aryl methyl sites for hydroxylation is 1. The summed E-state index contributed by atoms with van der Waals surface area (Å²) in [5, 5.41) is 0.660. The number of hydrogen-bond donors (Lipinski definition) is 0. The fraction of sp³-hybridized carbons (Fsp3) is 0.375. The summed E-state index contributed by atoms with van der Waals surface area (Å²) in [4.78, 5) is 10.4. The van der Waals surface area contributed by atoms with Gasteiger partial charge in [0, 0.05) is 20.6 Å². The molecule has 21 heavy (non-hydrogen) atoms. The van der Waals surface area contributed by atoms with Crippen molar-refractivity contribution < 1.29 is 0 Å². The average Bonchev–Trinajstić information content (AvgIpc) is 2.72. The van der Waals surface area contributed by atoms with Gasteiger partial charge >= 0.3 is 0 Å². The lowest BCUT2D eigenvalue weighted by molar-refractivity contribution is 0.708. The molecule has 0 aliphatic heterocycles. The molecule has 0 unspecified atom stereocenters. The molecule has 0 bridgehead atoms. The maximum Gasteiger partial charge on any atom is 0.140 e. The molecule has 110 valence electrons. The van der Waals surface area contributed by atoms with Crippen molar-refractivity contribution >= 4 is 39.3 Å². The van der Waals surface area contributed by atoms with Crippen molar-refractivity contribution in [1.29, 1.82) is 0 Å². The molecule has 2 nitrogen and oxygen atoms in total. The number of nitrogens with zero attached hydrogens (tertiary/aromatic N) is 2. The van der Waals surface area contributed by atoms with E-state index in [1.807, 2.05) is 12.1 Å². The maximum atomic E-state index is 6.36. The van der Waals surface area contributed by atoms with Crippen molar-refractivity contribution in [2.24, 2.45) is 0 Å². The molecule has 0 saturated heterocycles. The van der Waals surface area contributed by atoms with Gasteiger partial charge in [-0.2, -0.15) is 0 Å². The highest BCUT2D eigenvalue weighted by Gasteiger charge is 2.15. The molecular weight excluding hydrogens is 368 g/mol. The minimum atomic E-state index is 0.660. The summed E-state index contributed by atoms with van der Waals surface area (Å²) in [7, 11) is 0. The minimum Gasteiger partial charge on any atom is -0.237 e. The first kappa shape index (κ1) is 15.3. The highest BCUT2D eigenvalue weighted by atomic mass is 79.9.